The number of urea groups is 1. The summed E-state index contributed by atoms with van der Waals surface area (Å²) in [6.45, 7) is 6.04. The van der Waals surface area contributed by atoms with Gasteiger partial charge in [0.25, 0.3) is 0 Å². The number of ether oxygens (including phenoxy) is 1. The fraction of sp³-hybridized carbons (Fsp3) is 0.450. The van der Waals surface area contributed by atoms with Crippen molar-refractivity contribution in [3.05, 3.63) is 41.1 Å². The van der Waals surface area contributed by atoms with Crippen LogP contribution in [0.2, 0.25) is 0 Å². The number of hydrogen-bond acceptors (Lipinski definition) is 4. The van der Waals surface area contributed by atoms with E-state index in [4.69, 9.17) is 4.74 Å². The van der Waals surface area contributed by atoms with Crippen molar-refractivity contribution in [2.45, 2.75) is 39.7 Å². The molecule has 0 saturated heterocycles. The molecule has 1 atom stereocenters. The van der Waals surface area contributed by atoms with Crippen LogP contribution >= 0.6 is 0 Å². The summed E-state index contributed by atoms with van der Waals surface area (Å²) in [6.07, 6.45) is 1.85. The summed E-state index contributed by atoms with van der Waals surface area (Å²) in [6, 6.07) is 6.32. The average molecular weight is 371 g/mol. The molecule has 1 aliphatic carbocycles. The molecule has 0 bridgehead atoms. The first-order chi connectivity index (χ1) is 13.0. The standard InChI is InChI=1S/C20H25N3O4/c1-4-23-12(3)16(19(25)27-5-2)17(22-20(23)26)14-7-6-8-15(11-14)21-18(24)13-9-10-13/h6-8,11,13,17H,4-5,9-10H2,1-3H3,(H,21,24)(H,22,26). The van der Waals surface area contributed by atoms with Crippen molar-refractivity contribution >= 4 is 23.6 Å². The molecule has 0 radical (unpaired) electrons. The molecule has 1 aromatic rings. The van der Waals surface area contributed by atoms with Crippen LogP contribution in [0, 0.1) is 5.92 Å². The number of amides is 3. The molecule has 7 nitrogen and oxygen atoms in total. The highest BCUT2D eigenvalue weighted by Gasteiger charge is 2.36. The Morgan fingerprint density at radius 1 is 1.30 bits per heavy atom. The Kier molecular flexibility index (Phi) is 5.48. The van der Waals surface area contributed by atoms with Crippen molar-refractivity contribution in [2.24, 2.45) is 5.92 Å². The van der Waals surface area contributed by atoms with Gasteiger partial charge >= 0.3 is 12.0 Å². The number of carbonyl (C=O) groups excluding carboxylic acids is 3. The van der Waals surface area contributed by atoms with Gasteiger partial charge in [0.05, 0.1) is 18.2 Å². The van der Waals surface area contributed by atoms with E-state index in [1.54, 1.807) is 32.0 Å². The number of esters is 1. The summed E-state index contributed by atoms with van der Waals surface area (Å²) in [7, 11) is 0. The zero-order chi connectivity index (χ0) is 19.6. The van der Waals surface area contributed by atoms with Crippen molar-refractivity contribution in [3.8, 4) is 0 Å². The Morgan fingerprint density at radius 3 is 2.67 bits per heavy atom. The minimum atomic E-state index is -0.628. The molecule has 2 aliphatic rings. The molecule has 0 spiro atoms. The second-order valence-electron chi connectivity index (χ2n) is 6.74. The number of nitrogens with zero attached hydrogens (tertiary/aromatic N) is 1. The Labute approximate surface area is 158 Å². The fourth-order valence-corrected chi connectivity index (χ4v) is 3.27. The molecule has 1 aromatic carbocycles. The number of benzene rings is 1. The van der Waals surface area contributed by atoms with Crippen LogP contribution in [-0.4, -0.2) is 36.0 Å². The summed E-state index contributed by atoms with van der Waals surface area (Å²) < 4.78 is 5.22. The Bertz CT molecular complexity index is 798. The van der Waals surface area contributed by atoms with Gasteiger partial charge < -0.3 is 15.4 Å². The van der Waals surface area contributed by atoms with Gasteiger partial charge in [0, 0.05) is 23.8 Å². The zero-order valence-electron chi connectivity index (χ0n) is 15.9. The lowest BCUT2D eigenvalue weighted by molar-refractivity contribution is -0.139. The van der Waals surface area contributed by atoms with Gasteiger partial charge in [0.2, 0.25) is 5.91 Å². The van der Waals surface area contributed by atoms with E-state index < -0.39 is 12.0 Å². The van der Waals surface area contributed by atoms with Crippen LogP contribution < -0.4 is 10.6 Å². The molecular formula is C20H25N3O4. The molecule has 3 rings (SSSR count). The van der Waals surface area contributed by atoms with E-state index in [0.717, 1.165) is 18.4 Å². The van der Waals surface area contributed by atoms with E-state index in [1.165, 1.54) is 4.90 Å². The summed E-state index contributed by atoms with van der Waals surface area (Å²) in [4.78, 5) is 38.6. The van der Waals surface area contributed by atoms with Crippen molar-refractivity contribution in [2.75, 3.05) is 18.5 Å². The average Bonchev–Trinajstić information content (AvgIpc) is 3.47. The smallest absolute Gasteiger partial charge is 0.338 e. The van der Waals surface area contributed by atoms with Crippen LogP contribution in [0.5, 0.6) is 0 Å². The molecule has 1 aliphatic heterocycles. The molecule has 2 N–H and O–H groups in total. The van der Waals surface area contributed by atoms with Crippen molar-refractivity contribution in [3.63, 3.8) is 0 Å². The van der Waals surface area contributed by atoms with Gasteiger partial charge in [0.1, 0.15) is 0 Å². The number of allylic oxidation sites excluding steroid dienone is 1. The van der Waals surface area contributed by atoms with E-state index in [2.05, 4.69) is 10.6 Å². The molecular weight excluding hydrogens is 346 g/mol. The molecule has 144 valence electrons. The molecule has 27 heavy (non-hydrogen) atoms. The maximum Gasteiger partial charge on any atom is 0.338 e. The Balaban J connectivity index is 1.95. The van der Waals surface area contributed by atoms with Gasteiger partial charge in [-0.15, -0.1) is 0 Å². The zero-order valence-corrected chi connectivity index (χ0v) is 15.9. The maximum absolute atomic E-state index is 12.6. The lowest BCUT2D eigenvalue weighted by Gasteiger charge is -2.34. The summed E-state index contributed by atoms with van der Waals surface area (Å²) >= 11 is 0. The fourth-order valence-electron chi connectivity index (χ4n) is 3.27. The van der Waals surface area contributed by atoms with Gasteiger partial charge in [-0.05, 0) is 51.3 Å². The van der Waals surface area contributed by atoms with E-state index in [-0.39, 0.29) is 24.5 Å². The SMILES string of the molecule is CCOC(=O)C1=C(C)N(CC)C(=O)NC1c1cccc(NC(=O)C2CC2)c1. The third-order valence-corrected chi connectivity index (χ3v) is 4.84. The predicted octanol–water partition coefficient (Wildman–Crippen LogP) is 2.96. The second-order valence-corrected chi connectivity index (χ2v) is 6.74. The highest BCUT2D eigenvalue weighted by atomic mass is 16.5. The lowest BCUT2D eigenvalue weighted by Crippen LogP contribution is -2.47. The Hall–Kier alpha value is -2.83. The quantitative estimate of drug-likeness (QED) is 0.753. The van der Waals surface area contributed by atoms with E-state index in [0.29, 0.717) is 23.5 Å². The van der Waals surface area contributed by atoms with E-state index >= 15 is 0 Å². The number of hydrogen-bond donors (Lipinski definition) is 2. The molecule has 3 amide bonds. The molecule has 1 fully saturated rings. The minimum Gasteiger partial charge on any atom is -0.463 e. The van der Waals surface area contributed by atoms with Crippen molar-refractivity contribution < 1.29 is 19.1 Å². The number of carbonyl (C=O) groups is 3. The molecule has 1 saturated carbocycles. The maximum atomic E-state index is 12.6. The summed E-state index contributed by atoms with van der Waals surface area (Å²) in [5, 5.41) is 5.79. The van der Waals surface area contributed by atoms with Gasteiger partial charge in [-0.3, -0.25) is 9.69 Å². The highest BCUT2D eigenvalue weighted by Crippen LogP contribution is 2.33. The number of nitrogens with one attached hydrogen (secondary N) is 2. The predicted molar refractivity (Wildman–Crippen MR) is 101 cm³/mol. The molecule has 0 aromatic heterocycles. The minimum absolute atomic E-state index is 0.00864. The topological polar surface area (TPSA) is 87.7 Å². The van der Waals surface area contributed by atoms with Crippen LogP contribution in [0.25, 0.3) is 0 Å². The number of rotatable bonds is 6. The summed E-state index contributed by atoms with van der Waals surface area (Å²) in [5.74, 6) is -0.349. The summed E-state index contributed by atoms with van der Waals surface area (Å²) in [5.41, 5.74) is 2.36. The van der Waals surface area contributed by atoms with E-state index in [9.17, 15) is 14.4 Å². The monoisotopic (exact) mass is 371 g/mol. The normalized spacial score (nSPS) is 19.6. The van der Waals surface area contributed by atoms with Crippen LogP contribution in [0.1, 0.15) is 45.2 Å². The van der Waals surface area contributed by atoms with Crippen LogP contribution in [0.4, 0.5) is 10.5 Å². The van der Waals surface area contributed by atoms with Gasteiger partial charge in [-0.25, -0.2) is 9.59 Å². The van der Waals surface area contributed by atoms with Gasteiger partial charge in [-0.2, -0.15) is 0 Å². The highest BCUT2D eigenvalue weighted by molar-refractivity contribution is 5.96. The van der Waals surface area contributed by atoms with Crippen LogP contribution in [0.3, 0.4) is 0 Å². The third kappa shape index (κ3) is 3.97. The van der Waals surface area contributed by atoms with Crippen LogP contribution in [0.15, 0.2) is 35.5 Å². The van der Waals surface area contributed by atoms with Gasteiger partial charge in [0.15, 0.2) is 0 Å². The number of anilines is 1. The van der Waals surface area contributed by atoms with E-state index in [1.807, 2.05) is 13.0 Å². The molecule has 1 unspecified atom stereocenters. The molecule has 1 heterocycles. The first kappa shape index (κ1) is 18.9. The lowest BCUT2D eigenvalue weighted by atomic mass is 9.94. The first-order valence-corrected chi connectivity index (χ1v) is 9.33. The van der Waals surface area contributed by atoms with Crippen molar-refractivity contribution in [1.82, 2.24) is 10.2 Å². The van der Waals surface area contributed by atoms with Gasteiger partial charge in [-0.1, -0.05) is 12.1 Å². The second kappa shape index (κ2) is 7.82. The third-order valence-electron chi connectivity index (χ3n) is 4.84. The largest absolute Gasteiger partial charge is 0.463 e. The van der Waals surface area contributed by atoms with Crippen LogP contribution in [-0.2, 0) is 14.3 Å². The first-order valence-electron chi connectivity index (χ1n) is 9.33. The van der Waals surface area contributed by atoms with Crippen molar-refractivity contribution in [1.29, 1.82) is 0 Å². The Morgan fingerprint density at radius 2 is 2.04 bits per heavy atom. The molecule has 7 heteroatoms.